The Bertz CT molecular complexity index is 1260. The van der Waals surface area contributed by atoms with Crippen LogP contribution in [0.3, 0.4) is 0 Å². The molecule has 0 saturated carbocycles. The quantitative estimate of drug-likeness (QED) is 0.156. The lowest BCUT2D eigenvalue weighted by Crippen LogP contribution is -2.57. The van der Waals surface area contributed by atoms with Crippen LogP contribution in [0.4, 0.5) is 0 Å². The smallest absolute Gasteiger partial charge is 0.305 e. The summed E-state index contributed by atoms with van der Waals surface area (Å²) in [6, 6.07) is 4.03. The molecule has 1 unspecified atom stereocenters. The molecule has 0 fully saturated rings. The van der Waals surface area contributed by atoms with Crippen molar-refractivity contribution in [2.75, 3.05) is 12.0 Å². The molecule has 1 aromatic carbocycles. The van der Waals surface area contributed by atoms with Crippen LogP contribution in [-0.4, -0.2) is 69.8 Å². The normalized spacial score (nSPS) is 13.8. The van der Waals surface area contributed by atoms with E-state index in [2.05, 4.69) is 34.1 Å². The molecule has 0 aliphatic carbocycles. The van der Waals surface area contributed by atoms with E-state index >= 15 is 0 Å². The summed E-state index contributed by atoms with van der Waals surface area (Å²) in [6.45, 7) is 8.99. The monoisotopic (exact) mass is 571 g/mol. The number of carboxylic acids is 1. The highest BCUT2D eigenvalue weighted by Gasteiger charge is 2.31. The Morgan fingerprint density at radius 3 is 2.27 bits per heavy atom. The molecule has 2 aromatic rings. The van der Waals surface area contributed by atoms with Crippen molar-refractivity contribution in [3.05, 3.63) is 60.8 Å². The van der Waals surface area contributed by atoms with E-state index in [1.54, 1.807) is 6.92 Å². The number of hydrogen-bond donors (Lipinski definition) is 6. The summed E-state index contributed by atoms with van der Waals surface area (Å²) in [5, 5.41) is 17.9. The Balaban J connectivity index is 2.13. The van der Waals surface area contributed by atoms with Crippen LogP contribution >= 0.6 is 11.8 Å². The summed E-state index contributed by atoms with van der Waals surface area (Å²) in [6.07, 6.45) is 5.01. The summed E-state index contributed by atoms with van der Waals surface area (Å²) in [7, 11) is 0. The van der Waals surface area contributed by atoms with Crippen molar-refractivity contribution in [2.45, 2.75) is 50.7 Å². The molecule has 0 saturated heterocycles. The van der Waals surface area contributed by atoms with Gasteiger partial charge in [0.1, 0.15) is 18.1 Å². The molecule has 7 N–H and O–H groups in total. The second-order valence-corrected chi connectivity index (χ2v) is 10.5. The predicted molar refractivity (Wildman–Crippen MR) is 155 cm³/mol. The summed E-state index contributed by atoms with van der Waals surface area (Å²) < 4.78 is 0. The minimum atomic E-state index is -1.51. The number of primary amides is 1. The third-order valence-electron chi connectivity index (χ3n) is 6.32. The minimum absolute atomic E-state index is 0.0287. The number of thioether (sulfide) groups is 1. The molecule has 12 heteroatoms. The molecule has 40 heavy (non-hydrogen) atoms. The number of aromatic amines is 1. The number of nitrogens with two attached hydrogens (primary N) is 1. The molecule has 2 rings (SSSR count). The molecule has 0 aliphatic heterocycles. The van der Waals surface area contributed by atoms with E-state index in [1.807, 2.05) is 36.7 Å². The van der Waals surface area contributed by atoms with Crippen LogP contribution in [0.5, 0.6) is 0 Å². The predicted octanol–water partition coefficient (Wildman–Crippen LogP) is 1.65. The molecule has 4 amide bonds. The topological polar surface area (TPSA) is 183 Å². The van der Waals surface area contributed by atoms with Crippen LogP contribution < -0.4 is 21.7 Å². The summed E-state index contributed by atoms with van der Waals surface area (Å²) >= 11 is 1.47. The maximum Gasteiger partial charge on any atom is 0.305 e. The second-order valence-electron chi connectivity index (χ2n) is 9.50. The van der Waals surface area contributed by atoms with Crippen molar-refractivity contribution in [3.63, 3.8) is 0 Å². The highest BCUT2D eigenvalue weighted by molar-refractivity contribution is 7.98. The SMILES string of the molecule is C=CC(=C)C[C@H](NC(=O)C(CC(=O)O)NC(=O)[C@H](CCSC)NC(=O)[C@@H](C)Cc1c[nH]c2ccccc12)C(N)=O. The average Bonchev–Trinajstić information content (AvgIpc) is 3.32. The minimum Gasteiger partial charge on any atom is -0.481 e. The number of carbonyl (C=O) groups excluding carboxylic acids is 4. The molecule has 4 atom stereocenters. The number of aliphatic carboxylic acids is 1. The zero-order valence-corrected chi connectivity index (χ0v) is 23.5. The van der Waals surface area contributed by atoms with Crippen molar-refractivity contribution in [1.82, 2.24) is 20.9 Å². The van der Waals surface area contributed by atoms with Crippen molar-refractivity contribution >= 4 is 52.3 Å². The lowest BCUT2D eigenvalue weighted by molar-refractivity contribution is -0.141. The zero-order valence-electron chi connectivity index (χ0n) is 22.7. The Labute approximate surface area is 237 Å². The molecular weight excluding hydrogens is 534 g/mol. The van der Waals surface area contributed by atoms with Gasteiger partial charge in [0, 0.05) is 29.4 Å². The summed E-state index contributed by atoms with van der Waals surface area (Å²) in [4.78, 5) is 65.7. The highest BCUT2D eigenvalue weighted by atomic mass is 32.2. The second kappa shape index (κ2) is 15.5. The molecule has 0 spiro atoms. The number of allylic oxidation sites excluding steroid dienone is 1. The van der Waals surface area contributed by atoms with Gasteiger partial charge in [-0.3, -0.25) is 24.0 Å². The number of rotatable bonds is 17. The van der Waals surface area contributed by atoms with E-state index in [9.17, 15) is 29.1 Å². The molecule has 1 aromatic heterocycles. The number of para-hydroxylation sites is 1. The standard InChI is InChI=1S/C28H37N5O6S/c1-5-16(2)12-22(25(29)36)32-28(39)23(14-24(34)35)33-27(38)21(10-11-40-4)31-26(37)17(3)13-18-15-30-20-9-7-6-8-19(18)20/h5-9,15,17,21-23,30H,1-2,10-14H2,3-4H3,(H2,29,36)(H,31,37)(H,32,39)(H,33,38)(H,34,35)/t17-,21-,22-,23?/m0/s1. The van der Waals surface area contributed by atoms with Crippen LogP contribution in [0.15, 0.2) is 55.3 Å². The van der Waals surface area contributed by atoms with Crippen molar-refractivity contribution in [3.8, 4) is 0 Å². The first-order valence-corrected chi connectivity index (χ1v) is 14.1. The maximum absolute atomic E-state index is 13.2. The Kier molecular flexibility index (Phi) is 12.5. The number of benzene rings is 1. The van der Waals surface area contributed by atoms with E-state index in [0.29, 0.717) is 17.7 Å². The van der Waals surface area contributed by atoms with E-state index in [1.165, 1.54) is 17.8 Å². The largest absolute Gasteiger partial charge is 0.481 e. The van der Waals surface area contributed by atoms with Gasteiger partial charge in [0.15, 0.2) is 0 Å². The molecule has 0 aliphatic rings. The van der Waals surface area contributed by atoms with Crippen LogP contribution in [0, 0.1) is 5.92 Å². The number of aromatic nitrogens is 1. The molecule has 11 nitrogen and oxygen atoms in total. The number of fused-ring (bicyclic) bond motifs is 1. The Hall–Kier alpha value is -4.06. The van der Waals surface area contributed by atoms with Gasteiger partial charge in [-0.05, 0) is 36.5 Å². The fraction of sp³-hybridized carbons (Fsp3) is 0.393. The number of amides is 4. The molecule has 1 heterocycles. The average molecular weight is 572 g/mol. The number of H-pyrrole nitrogens is 1. The third kappa shape index (κ3) is 9.60. The lowest BCUT2D eigenvalue weighted by Gasteiger charge is -2.25. The van der Waals surface area contributed by atoms with Gasteiger partial charge in [-0.25, -0.2) is 0 Å². The van der Waals surface area contributed by atoms with Gasteiger partial charge in [0.25, 0.3) is 0 Å². The van der Waals surface area contributed by atoms with Crippen molar-refractivity contribution in [1.29, 1.82) is 0 Å². The lowest BCUT2D eigenvalue weighted by atomic mass is 9.99. The number of carbonyl (C=O) groups is 5. The van der Waals surface area contributed by atoms with Gasteiger partial charge < -0.3 is 31.8 Å². The van der Waals surface area contributed by atoms with Gasteiger partial charge >= 0.3 is 5.97 Å². The van der Waals surface area contributed by atoms with E-state index in [4.69, 9.17) is 5.73 Å². The molecule has 216 valence electrons. The first-order chi connectivity index (χ1) is 19.0. The zero-order chi connectivity index (χ0) is 29.8. The number of nitrogens with one attached hydrogen (secondary N) is 4. The van der Waals surface area contributed by atoms with Gasteiger partial charge in [-0.15, -0.1) is 0 Å². The highest BCUT2D eigenvalue weighted by Crippen LogP contribution is 2.21. The third-order valence-corrected chi connectivity index (χ3v) is 6.96. The fourth-order valence-electron chi connectivity index (χ4n) is 4.04. The summed E-state index contributed by atoms with van der Waals surface area (Å²) in [5.74, 6) is -4.13. The molecular formula is C28H37N5O6S. The van der Waals surface area contributed by atoms with E-state index in [0.717, 1.165) is 16.5 Å². The van der Waals surface area contributed by atoms with Crippen LogP contribution in [0.25, 0.3) is 10.9 Å². The molecule has 0 bridgehead atoms. The van der Waals surface area contributed by atoms with Gasteiger partial charge in [0.05, 0.1) is 6.42 Å². The summed E-state index contributed by atoms with van der Waals surface area (Å²) in [5.41, 5.74) is 7.72. The van der Waals surface area contributed by atoms with Gasteiger partial charge in [-0.2, -0.15) is 11.8 Å². The number of hydrogen-bond acceptors (Lipinski definition) is 6. The van der Waals surface area contributed by atoms with Crippen LogP contribution in [0.1, 0.15) is 31.7 Å². The van der Waals surface area contributed by atoms with Gasteiger partial charge in [0.2, 0.25) is 23.6 Å². The Morgan fingerprint density at radius 2 is 1.65 bits per heavy atom. The first-order valence-electron chi connectivity index (χ1n) is 12.7. The number of carboxylic acid groups (broad SMARTS) is 1. The van der Waals surface area contributed by atoms with Crippen LogP contribution in [-0.2, 0) is 30.4 Å². The maximum atomic E-state index is 13.2. The van der Waals surface area contributed by atoms with Crippen molar-refractivity contribution < 1.29 is 29.1 Å². The van der Waals surface area contributed by atoms with E-state index in [-0.39, 0.29) is 18.7 Å². The van der Waals surface area contributed by atoms with Crippen molar-refractivity contribution in [2.24, 2.45) is 11.7 Å². The Morgan fingerprint density at radius 1 is 1.02 bits per heavy atom. The molecule has 0 radical (unpaired) electrons. The van der Waals surface area contributed by atoms with Gasteiger partial charge in [-0.1, -0.05) is 49.9 Å². The van der Waals surface area contributed by atoms with Crippen LogP contribution in [0.2, 0.25) is 0 Å². The van der Waals surface area contributed by atoms with E-state index < -0.39 is 54.2 Å². The first kappa shape index (κ1) is 32.2. The fourth-order valence-corrected chi connectivity index (χ4v) is 4.51.